The highest BCUT2D eigenvalue weighted by atomic mass is 19.1. The molecule has 0 unspecified atom stereocenters. The lowest BCUT2D eigenvalue weighted by molar-refractivity contribution is 0.577. The third-order valence-corrected chi connectivity index (χ3v) is 4.97. The maximum atomic E-state index is 13.1. The summed E-state index contributed by atoms with van der Waals surface area (Å²) in [4.78, 5) is 4.52. The van der Waals surface area contributed by atoms with E-state index in [1.54, 1.807) is 6.07 Å². The topological polar surface area (TPSA) is 61.2 Å². The molecule has 3 rings (SSSR count). The minimum Gasteiger partial charge on any atom is -0.396 e. The van der Waals surface area contributed by atoms with Gasteiger partial charge in [-0.1, -0.05) is 19.8 Å². The van der Waals surface area contributed by atoms with E-state index in [1.807, 2.05) is 12.1 Å². The molecule has 1 aromatic heterocycles. The van der Waals surface area contributed by atoms with Crippen LogP contribution < -0.4 is 15.5 Å². The molecule has 0 amide bonds. The molecule has 1 saturated heterocycles. The Kier molecular flexibility index (Phi) is 5.67. The summed E-state index contributed by atoms with van der Waals surface area (Å²) in [5.74, 6) is 0.755. The van der Waals surface area contributed by atoms with Crippen LogP contribution in [0.1, 0.15) is 31.9 Å². The maximum Gasteiger partial charge on any atom is 0.133 e. The molecule has 1 fully saturated rings. The van der Waals surface area contributed by atoms with Crippen molar-refractivity contribution in [3.63, 3.8) is 0 Å². The third-order valence-electron chi connectivity index (χ3n) is 4.97. The number of benzene rings is 1. The first-order valence-electron chi connectivity index (χ1n) is 9.28. The van der Waals surface area contributed by atoms with E-state index in [4.69, 9.17) is 5.73 Å². The zero-order chi connectivity index (χ0) is 18.5. The van der Waals surface area contributed by atoms with E-state index in [9.17, 15) is 9.65 Å². The quantitative estimate of drug-likeness (QED) is 0.804. The van der Waals surface area contributed by atoms with Crippen molar-refractivity contribution in [2.45, 2.75) is 32.7 Å². The fourth-order valence-electron chi connectivity index (χ4n) is 3.58. The van der Waals surface area contributed by atoms with Crippen molar-refractivity contribution in [3.8, 4) is 6.07 Å². The van der Waals surface area contributed by atoms with Gasteiger partial charge in [-0.25, -0.2) is 4.39 Å². The smallest absolute Gasteiger partial charge is 0.133 e. The summed E-state index contributed by atoms with van der Waals surface area (Å²) >= 11 is 0. The molecule has 5 nitrogen and oxygen atoms in total. The van der Waals surface area contributed by atoms with Crippen LogP contribution in [0.4, 0.5) is 21.6 Å². The first-order chi connectivity index (χ1) is 12.6. The normalized spacial score (nSPS) is 14.5. The summed E-state index contributed by atoms with van der Waals surface area (Å²) in [6.45, 7) is 6.32. The van der Waals surface area contributed by atoms with Gasteiger partial charge in [0.25, 0.3) is 0 Å². The Balaban J connectivity index is 1.73. The average molecular weight is 355 g/mol. The van der Waals surface area contributed by atoms with Gasteiger partial charge in [0.1, 0.15) is 23.4 Å². The summed E-state index contributed by atoms with van der Waals surface area (Å²) in [5, 5.41) is 9.44. The Morgan fingerprint density at radius 3 is 2.35 bits per heavy atom. The van der Waals surface area contributed by atoms with Crippen LogP contribution in [-0.2, 0) is 6.54 Å². The van der Waals surface area contributed by atoms with E-state index < -0.39 is 0 Å². The average Bonchev–Trinajstić information content (AvgIpc) is 2.98. The predicted octanol–water partition coefficient (Wildman–Crippen LogP) is 3.60. The SMILES string of the molecule is CCCCCn1c(C#N)cc(N)c1N1CCN(c2ccc(F)cc2)CC1. The van der Waals surface area contributed by atoms with Gasteiger partial charge in [0, 0.05) is 38.4 Å². The van der Waals surface area contributed by atoms with Crippen LogP contribution in [0.15, 0.2) is 30.3 Å². The summed E-state index contributed by atoms with van der Waals surface area (Å²) < 4.78 is 15.2. The number of rotatable bonds is 6. The van der Waals surface area contributed by atoms with E-state index in [0.29, 0.717) is 11.4 Å². The number of nitrogen functional groups attached to an aromatic ring is 1. The molecule has 138 valence electrons. The van der Waals surface area contributed by atoms with Crippen molar-refractivity contribution in [2.24, 2.45) is 0 Å². The van der Waals surface area contributed by atoms with Crippen molar-refractivity contribution >= 4 is 17.2 Å². The predicted molar refractivity (Wildman–Crippen MR) is 104 cm³/mol. The van der Waals surface area contributed by atoms with E-state index >= 15 is 0 Å². The van der Waals surface area contributed by atoms with Gasteiger partial charge in [0.2, 0.25) is 0 Å². The highest BCUT2D eigenvalue weighted by molar-refractivity contribution is 5.68. The van der Waals surface area contributed by atoms with Crippen LogP contribution in [0, 0.1) is 17.1 Å². The van der Waals surface area contributed by atoms with Gasteiger partial charge >= 0.3 is 0 Å². The Morgan fingerprint density at radius 2 is 1.73 bits per heavy atom. The van der Waals surface area contributed by atoms with Crippen LogP contribution in [0.25, 0.3) is 0 Å². The van der Waals surface area contributed by atoms with Gasteiger partial charge in [0.05, 0.1) is 5.69 Å². The molecule has 1 aliphatic heterocycles. The summed E-state index contributed by atoms with van der Waals surface area (Å²) in [6.07, 6.45) is 3.33. The molecule has 6 heteroatoms. The molecule has 0 saturated carbocycles. The maximum absolute atomic E-state index is 13.1. The van der Waals surface area contributed by atoms with Crippen LogP contribution in [0.2, 0.25) is 0 Å². The minimum absolute atomic E-state index is 0.214. The summed E-state index contributed by atoms with van der Waals surface area (Å²) in [7, 11) is 0. The molecule has 0 aliphatic carbocycles. The number of hydrogen-bond donors (Lipinski definition) is 1. The van der Waals surface area contributed by atoms with Gasteiger partial charge in [-0.2, -0.15) is 5.26 Å². The van der Waals surface area contributed by atoms with Gasteiger partial charge < -0.3 is 20.1 Å². The lowest BCUT2D eigenvalue weighted by Gasteiger charge is -2.38. The Bertz CT molecular complexity index is 767. The second-order valence-electron chi connectivity index (χ2n) is 6.73. The highest BCUT2D eigenvalue weighted by Crippen LogP contribution is 2.30. The Labute approximate surface area is 154 Å². The molecule has 1 aliphatic rings. The van der Waals surface area contributed by atoms with E-state index in [2.05, 4.69) is 27.4 Å². The van der Waals surface area contributed by atoms with Gasteiger partial charge in [-0.15, -0.1) is 0 Å². The standard InChI is InChI=1S/C20H26FN5/c1-2-3-4-9-26-18(15-22)14-19(23)20(26)25-12-10-24(11-13-25)17-7-5-16(21)6-8-17/h5-8,14H,2-4,9-13,23H2,1H3. The molecule has 2 N–H and O–H groups in total. The van der Waals surface area contributed by atoms with Gasteiger partial charge in [-0.05, 0) is 36.8 Å². The number of unbranched alkanes of at least 4 members (excludes halogenated alkanes) is 2. The zero-order valence-electron chi connectivity index (χ0n) is 15.3. The fraction of sp³-hybridized carbons (Fsp3) is 0.450. The summed E-state index contributed by atoms with van der Waals surface area (Å²) in [5.41, 5.74) is 8.59. The van der Waals surface area contributed by atoms with Gasteiger partial charge in [-0.3, -0.25) is 0 Å². The van der Waals surface area contributed by atoms with Crippen LogP contribution in [0.5, 0.6) is 0 Å². The molecule has 26 heavy (non-hydrogen) atoms. The highest BCUT2D eigenvalue weighted by Gasteiger charge is 2.23. The fourth-order valence-corrected chi connectivity index (χ4v) is 3.58. The van der Waals surface area contributed by atoms with E-state index in [-0.39, 0.29) is 5.82 Å². The largest absolute Gasteiger partial charge is 0.396 e. The van der Waals surface area contributed by atoms with Crippen molar-refractivity contribution in [3.05, 3.63) is 41.8 Å². The molecule has 1 aromatic carbocycles. The van der Waals surface area contributed by atoms with Crippen molar-refractivity contribution < 1.29 is 4.39 Å². The Hall–Kier alpha value is -2.68. The number of aromatic nitrogens is 1. The molecule has 2 aromatic rings. The second kappa shape index (κ2) is 8.13. The zero-order valence-corrected chi connectivity index (χ0v) is 15.3. The molecule has 0 radical (unpaired) electrons. The van der Waals surface area contributed by atoms with Crippen molar-refractivity contribution in [1.29, 1.82) is 5.26 Å². The lowest BCUT2D eigenvalue weighted by Crippen LogP contribution is -2.47. The molecule has 0 spiro atoms. The number of nitrogens with zero attached hydrogens (tertiary/aromatic N) is 4. The third kappa shape index (κ3) is 3.77. The number of halogens is 1. The lowest BCUT2D eigenvalue weighted by atomic mass is 10.2. The molecule has 0 bridgehead atoms. The van der Waals surface area contributed by atoms with E-state index in [0.717, 1.165) is 63.5 Å². The number of nitrogens with two attached hydrogens (primary N) is 1. The first kappa shape index (κ1) is 18.1. The number of nitriles is 1. The number of anilines is 3. The van der Waals surface area contributed by atoms with Crippen LogP contribution >= 0.6 is 0 Å². The first-order valence-corrected chi connectivity index (χ1v) is 9.28. The monoisotopic (exact) mass is 355 g/mol. The van der Waals surface area contributed by atoms with E-state index in [1.165, 1.54) is 12.1 Å². The van der Waals surface area contributed by atoms with Crippen LogP contribution in [-0.4, -0.2) is 30.7 Å². The Morgan fingerprint density at radius 1 is 1.08 bits per heavy atom. The van der Waals surface area contributed by atoms with Gasteiger partial charge in [0.15, 0.2) is 0 Å². The second-order valence-corrected chi connectivity index (χ2v) is 6.73. The van der Waals surface area contributed by atoms with Crippen LogP contribution in [0.3, 0.4) is 0 Å². The molecule has 2 heterocycles. The summed E-state index contributed by atoms with van der Waals surface area (Å²) in [6, 6.07) is 10.7. The molecular weight excluding hydrogens is 329 g/mol. The minimum atomic E-state index is -0.214. The molecular formula is C20H26FN5. The number of hydrogen-bond acceptors (Lipinski definition) is 4. The van der Waals surface area contributed by atoms with Crippen molar-refractivity contribution in [2.75, 3.05) is 41.7 Å². The van der Waals surface area contributed by atoms with Crippen molar-refractivity contribution in [1.82, 2.24) is 4.57 Å². The molecule has 0 atom stereocenters. The number of piperazine rings is 1.